The predicted octanol–water partition coefficient (Wildman–Crippen LogP) is 5.59. The molecule has 2 N–H and O–H groups in total. The number of aromatic amines is 1. The number of aromatic nitrogens is 2. The van der Waals surface area contributed by atoms with E-state index in [1.165, 1.54) is 29.5 Å². The molecular weight excluding hydrogens is 490 g/mol. The molecule has 200 valence electrons. The van der Waals surface area contributed by atoms with Crippen molar-refractivity contribution in [3.05, 3.63) is 84.2 Å². The number of anilines is 1. The number of alkyl carbamates (subject to hydrolysis) is 1. The van der Waals surface area contributed by atoms with Gasteiger partial charge in [0, 0.05) is 18.8 Å². The van der Waals surface area contributed by atoms with Crippen molar-refractivity contribution in [3.8, 4) is 11.1 Å². The topological polar surface area (TPSA) is 90.6 Å². The maximum absolute atomic E-state index is 12.8. The third-order valence-electron chi connectivity index (χ3n) is 7.93. The average Bonchev–Trinajstić information content (AvgIpc) is 3.75. The molecule has 2 aliphatic rings. The van der Waals surface area contributed by atoms with Crippen LogP contribution in [0, 0.1) is 0 Å². The van der Waals surface area contributed by atoms with Crippen LogP contribution in [0.15, 0.2) is 72.8 Å². The number of benzene rings is 3. The van der Waals surface area contributed by atoms with Gasteiger partial charge < -0.3 is 24.8 Å². The quantitative estimate of drug-likeness (QED) is 0.344. The van der Waals surface area contributed by atoms with Gasteiger partial charge in [-0.3, -0.25) is 4.79 Å². The first-order chi connectivity index (χ1) is 19.1. The van der Waals surface area contributed by atoms with Crippen LogP contribution in [0.1, 0.15) is 49.2 Å². The zero-order valence-corrected chi connectivity index (χ0v) is 22.1. The van der Waals surface area contributed by atoms with Gasteiger partial charge in [0.15, 0.2) is 0 Å². The lowest BCUT2D eigenvalue weighted by atomic mass is 10.0. The Morgan fingerprint density at radius 1 is 0.949 bits per heavy atom. The SMILES string of the molecule is COC(=O)NCC(=O)N1CCC[C@H]1c1nc2ccc([C@H]3CCCN3c3ccc(-c4ccccc4)cc3)cc2[nH]1. The molecule has 3 heterocycles. The van der Waals surface area contributed by atoms with Gasteiger partial charge in [0.25, 0.3) is 0 Å². The molecule has 2 aliphatic heterocycles. The Balaban J connectivity index is 1.20. The molecule has 1 aromatic heterocycles. The fourth-order valence-corrected chi connectivity index (χ4v) is 5.98. The summed E-state index contributed by atoms with van der Waals surface area (Å²) in [6, 6.07) is 26.0. The maximum Gasteiger partial charge on any atom is 0.407 e. The Morgan fingerprint density at radius 2 is 1.69 bits per heavy atom. The largest absolute Gasteiger partial charge is 0.453 e. The minimum atomic E-state index is -0.608. The summed E-state index contributed by atoms with van der Waals surface area (Å²) in [6.07, 6.45) is 3.38. The van der Waals surface area contributed by atoms with Gasteiger partial charge in [-0.05, 0) is 66.6 Å². The van der Waals surface area contributed by atoms with E-state index in [9.17, 15) is 9.59 Å². The highest BCUT2D eigenvalue weighted by atomic mass is 16.5. The Hall–Kier alpha value is -4.33. The smallest absolute Gasteiger partial charge is 0.407 e. The third kappa shape index (κ3) is 5.06. The van der Waals surface area contributed by atoms with E-state index in [2.05, 4.69) is 86.7 Å². The van der Waals surface area contributed by atoms with Crippen LogP contribution in [-0.4, -0.2) is 53.6 Å². The number of hydrogen-bond acceptors (Lipinski definition) is 5. The summed E-state index contributed by atoms with van der Waals surface area (Å²) >= 11 is 0. The number of likely N-dealkylation sites (tertiary alicyclic amines) is 1. The van der Waals surface area contributed by atoms with Crippen LogP contribution in [0.25, 0.3) is 22.2 Å². The van der Waals surface area contributed by atoms with Gasteiger partial charge in [0.05, 0.1) is 30.2 Å². The molecule has 2 atom stereocenters. The van der Waals surface area contributed by atoms with Crippen LogP contribution in [0.5, 0.6) is 0 Å². The number of carbonyl (C=O) groups excluding carboxylic acids is 2. The van der Waals surface area contributed by atoms with Crippen LogP contribution >= 0.6 is 0 Å². The van der Waals surface area contributed by atoms with Crippen molar-refractivity contribution in [2.75, 3.05) is 31.6 Å². The van der Waals surface area contributed by atoms with Gasteiger partial charge in [0.1, 0.15) is 12.4 Å². The molecule has 0 aliphatic carbocycles. The van der Waals surface area contributed by atoms with E-state index in [-0.39, 0.29) is 18.5 Å². The number of methoxy groups -OCH3 is 1. The molecule has 8 nitrogen and oxygen atoms in total. The predicted molar refractivity (Wildman–Crippen MR) is 151 cm³/mol. The zero-order valence-electron chi connectivity index (χ0n) is 22.1. The van der Waals surface area contributed by atoms with Crippen molar-refractivity contribution < 1.29 is 14.3 Å². The lowest BCUT2D eigenvalue weighted by molar-refractivity contribution is -0.131. The van der Waals surface area contributed by atoms with Crippen molar-refractivity contribution in [2.45, 2.75) is 37.8 Å². The summed E-state index contributed by atoms with van der Waals surface area (Å²) in [5, 5.41) is 2.49. The lowest BCUT2D eigenvalue weighted by Gasteiger charge is -2.27. The van der Waals surface area contributed by atoms with Crippen molar-refractivity contribution >= 4 is 28.7 Å². The second-order valence-corrected chi connectivity index (χ2v) is 10.3. The average molecular weight is 524 g/mol. The highest BCUT2D eigenvalue weighted by molar-refractivity contribution is 5.83. The Kier molecular flexibility index (Phi) is 6.92. The van der Waals surface area contributed by atoms with Crippen molar-refractivity contribution in [3.63, 3.8) is 0 Å². The molecule has 0 radical (unpaired) electrons. The maximum atomic E-state index is 12.8. The number of imidazole rings is 1. The molecular formula is C31H33N5O3. The van der Waals surface area contributed by atoms with Crippen LogP contribution in [0.3, 0.4) is 0 Å². The molecule has 2 fully saturated rings. The van der Waals surface area contributed by atoms with Crippen molar-refractivity contribution in [1.82, 2.24) is 20.2 Å². The number of nitrogens with one attached hydrogen (secondary N) is 2. The van der Waals surface area contributed by atoms with Crippen LogP contribution in [0.2, 0.25) is 0 Å². The van der Waals surface area contributed by atoms with E-state index in [1.54, 1.807) is 4.90 Å². The second kappa shape index (κ2) is 10.8. The van der Waals surface area contributed by atoms with E-state index >= 15 is 0 Å². The molecule has 2 amide bonds. The van der Waals surface area contributed by atoms with E-state index < -0.39 is 6.09 Å². The van der Waals surface area contributed by atoms with E-state index in [1.807, 2.05) is 6.07 Å². The first-order valence-corrected chi connectivity index (χ1v) is 13.6. The Bertz CT molecular complexity index is 1470. The number of nitrogens with zero attached hydrogens (tertiary/aromatic N) is 3. The molecule has 0 saturated carbocycles. The summed E-state index contributed by atoms with van der Waals surface area (Å²) in [5.41, 5.74) is 6.84. The van der Waals surface area contributed by atoms with Gasteiger partial charge in [-0.2, -0.15) is 0 Å². The van der Waals surface area contributed by atoms with Gasteiger partial charge >= 0.3 is 6.09 Å². The molecule has 39 heavy (non-hydrogen) atoms. The summed E-state index contributed by atoms with van der Waals surface area (Å²) in [5.74, 6) is 0.662. The molecule has 2 saturated heterocycles. The van der Waals surface area contributed by atoms with Gasteiger partial charge in [-0.25, -0.2) is 9.78 Å². The molecule has 4 aromatic rings. The highest BCUT2D eigenvalue weighted by Crippen LogP contribution is 2.38. The van der Waals surface area contributed by atoms with Crippen molar-refractivity contribution in [2.24, 2.45) is 0 Å². The molecule has 6 rings (SSSR count). The minimum absolute atomic E-state index is 0.0859. The summed E-state index contributed by atoms with van der Waals surface area (Å²) in [7, 11) is 1.29. The summed E-state index contributed by atoms with van der Waals surface area (Å²) in [6.45, 7) is 1.59. The third-order valence-corrected chi connectivity index (χ3v) is 7.93. The number of amides is 2. The number of hydrogen-bond donors (Lipinski definition) is 2. The number of carbonyl (C=O) groups is 2. The van der Waals surface area contributed by atoms with E-state index in [0.29, 0.717) is 12.6 Å². The molecule has 0 bridgehead atoms. The van der Waals surface area contributed by atoms with Crippen LogP contribution in [0.4, 0.5) is 10.5 Å². The monoisotopic (exact) mass is 523 g/mol. The number of ether oxygens (including phenoxy) is 1. The molecule has 0 spiro atoms. The summed E-state index contributed by atoms with van der Waals surface area (Å²) < 4.78 is 4.58. The normalized spacial score (nSPS) is 19.0. The van der Waals surface area contributed by atoms with Gasteiger partial charge in [-0.1, -0.05) is 48.5 Å². The zero-order chi connectivity index (χ0) is 26.8. The lowest BCUT2D eigenvalue weighted by Crippen LogP contribution is -2.40. The Morgan fingerprint density at radius 3 is 2.49 bits per heavy atom. The van der Waals surface area contributed by atoms with E-state index in [4.69, 9.17) is 4.98 Å². The van der Waals surface area contributed by atoms with Crippen LogP contribution in [-0.2, 0) is 9.53 Å². The first kappa shape index (κ1) is 25.0. The van der Waals surface area contributed by atoms with Gasteiger partial charge in [0.2, 0.25) is 5.91 Å². The fraction of sp³-hybridized carbons (Fsp3) is 0.323. The molecule has 3 aromatic carbocycles. The standard InChI is InChI=1S/C31H33N5O3/c1-39-31(38)32-20-29(37)36-18-6-10-28(36)30-33-25-16-13-23(19-26(25)34-30)27-9-5-17-35(27)24-14-11-22(12-15-24)21-7-3-2-4-8-21/h2-4,7-8,11-16,19,27-28H,5-6,9-10,17-18,20H2,1H3,(H,32,38)(H,33,34)/t27-,28+/m1/s1. The second-order valence-electron chi connectivity index (χ2n) is 10.3. The highest BCUT2D eigenvalue weighted by Gasteiger charge is 2.32. The number of H-pyrrole nitrogens is 1. The Labute approximate surface area is 228 Å². The number of rotatable bonds is 6. The summed E-state index contributed by atoms with van der Waals surface area (Å²) in [4.78, 5) is 36.8. The molecule has 0 unspecified atom stereocenters. The van der Waals surface area contributed by atoms with Gasteiger partial charge in [-0.15, -0.1) is 0 Å². The fourth-order valence-electron chi connectivity index (χ4n) is 5.98. The first-order valence-electron chi connectivity index (χ1n) is 13.6. The number of fused-ring (bicyclic) bond motifs is 1. The molecule has 8 heteroatoms. The van der Waals surface area contributed by atoms with E-state index in [0.717, 1.165) is 49.1 Å². The minimum Gasteiger partial charge on any atom is -0.453 e. The van der Waals surface area contributed by atoms with Crippen LogP contribution < -0.4 is 10.2 Å². The van der Waals surface area contributed by atoms with Crippen molar-refractivity contribution in [1.29, 1.82) is 0 Å².